The van der Waals surface area contributed by atoms with Crippen LogP contribution in [0.15, 0.2) is 48.5 Å². The molecule has 0 amide bonds. The Labute approximate surface area is 124 Å². The Morgan fingerprint density at radius 1 is 1.10 bits per heavy atom. The molecule has 2 aromatic rings. The number of nitrogens with two attached hydrogens (primary N) is 1. The first kappa shape index (κ1) is 15.6. The average molecular weight is 290 g/mol. The normalized spacial score (nSPS) is 12.6. The lowest BCUT2D eigenvalue weighted by molar-refractivity contribution is 0.203. The molecule has 0 aliphatic heterocycles. The first-order chi connectivity index (χ1) is 10.1. The van der Waals surface area contributed by atoms with Gasteiger partial charge in [0.05, 0.1) is 0 Å². The van der Waals surface area contributed by atoms with E-state index in [1.807, 2.05) is 42.2 Å². The average Bonchev–Trinajstić information content (AvgIpc) is 2.49. The highest BCUT2D eigenvalue weighted by molar-refractivity contribution is 5.23. The van der Waals surface area contributed by atoms with Gasteiger partial charge >= 0.3 is 0 Å². The van der Waals surface area contributed by atoms with Crippen molar-refractivity contribution < 1.29 is 8.78 Å². The van der Waals surface area contributed by atoms with Crippen LogP contribution in [0.5, 0.6) is 0 Å². The van der Waals surface area contributed by atoms with Crippen LogP contribution in [-0.2, 0) is 6.54 Å². The van der Waals surface area contributed by atoms with Crippen molar-refractivity contribution in [3.05, 3.63) is 71.3 Å². The van der Waals surface area contributed by atoms with Crippen LogP contribution < -0.4 is 5.73 Å². The second kappa shape index (κ2) is 7.29. The van der Waals surface area contributed by atoms with Crippen LogP contribution in [0.3, 0.4) is 0 Å². The second-order valence-corrected chi connectivity index (χ2v) is 5.09. The van der Waals surface area contributed by atoms with Crippen LogP contribution in [0.25, 0.3) is 0 Å². The van der Waals surface area contributed by atoms with Gasteiger partial charge in [-0.3, -0.25) is 4.90 Å². The Bertz CT molecular complexity index is 572. The van der Waals surface area contributed by atoms with E-state index in [0.29, 0.717) is 25.2 Å². The van der Waals surface area contributed by atoms with Gasteiger partial charge in [0, 0.05) is 31.2 Å². The van der Waals surface area contributed by atoms with Gasteiger partial charge in [-0.1, -0.05) is 30.3 Å². The minimum atomic E-state index is -0.425. The van der Waals surface area contributed by atoms with Crippen molar-refractivity contribution in [2.24, 2.45) is 5.73 Å². The molecule has 0 saturated heterocycles. The third kappa shape index (κ3) is 4.09. The molecule has 2 rings (SSSR count). The van der Waals surface area contributed by atoms with Gasteiger partial charge in [0.15, 0.2) is 0 Å². The van der Waals surface area contributed by atoms with Gasteiger partial charge in [-0.05, 0) is 30.7 Å². The zero-order chi connectivity index (χ0) is 15.2. The minimum Gasteiger partial charge on any atom is -0.329 e. The van der Waals surface area contributed by atoms with Crippen molar-refractivity contribution in [1.29, 1.82) is 0 Å². The summed E-state index contributed by atoms with van der Waals surface area (Å²) >= 11 is 0. The number of rotatable bonds is 6. The van der Waals surface area contributed by atoms with E-state index in [1.165, 1.54) is 12.1 Å². The first-order valence-corrected chi connectivity index (χ1v) is 7.05. The fourth-order valence-electron chi connectivity index (χ4n) is 2.42. The van der Waals surface area contributed by atoms with Gasteiger partial charge in [-0.25, -0.2) is 8.78 Å². The van der Waals surface area contributed by atoms with Gasteiger partial charge in [-0.15, -0.1) is 0 Å². The second-order valence-electron chi connectivity index (χ2n) is 5.09. The summed E-state index contributed by atoms with van der Waals surface area (Å²) in [6.45, 7) is 3.60. The van der Waals surface area contributed by atoms with Crippen LogP contribution in [0.2, 0.25) is 0 Å². The summed E-state index contributed by atoms with van der Waals surface area (Å²) in [5, 5.41) is 0. The zero-order valence-electron chi connectivity index (χ0n) is 12.1. The number of hydrogen-bond acceptors (Lipinski definition) is 2. The molecule has 0 saturated carbocycles. The van der Waals surface area contributed by atoms with Gasteiger partial charge in [-0.2, -0.15) is 0 Å². The SMILES string of the molecule is CC(c1cc(F)ccc1F)N(CCN)Cc1ccccc1. The largest absolute Gasteiger partial charge is 0.329 e. The van der Waals surface area contributed by atoms with E-state index in [0.717, 1.165) is 11.6 Å². The van der Waals surface area contributed by atoms with Gasteiger partial charge in [0.2, 0.25) is 0 Å². The third-order valence-electron chi connectivity index (χ3n) is 3.60. The Hall–Kier alpha value is -1.78. The lowest BCUT2D eigenvalue weighted by atomic mass is 10.0. The maximum absolute atomic E-state index is 13.9. The fraction of sp³-hybridized carbons (Fsp3) is 0.294. The predicted molar refractivity (Wildman–Crippen MR) is 80.7 cm³/mol. The van der Waals surface area contributed by atoms with Crippen molar-refractivity contribution in [1.82, 2.24) is 4.90 Å². The van der Waals surface area contributed by atoms with Gasteiger partial charge < -0.3 is 5.73 Å². The van der Waals surface area contributed by atoms with Crippen molar-refractivity contribution in [3.63, 3.8) is 0 Å². The summed E-state index contributed by atoms with van der Waals surface area (Å²) in [4.78, 5) is 2.05. The Kier molecular flexibility index (Phi) is 5.42. The minimum absolute atomic E-state index is 0.246. The number of benzene rings is 2. The molecule has 112 valence electrons. The van der Waals surface area contributed by atoms with Crippen molar-refractivity contribution >= 4 is 0 Å². The highest BCUT2D eigenvalue weighted by atomic mass is 19.1. The predicted octanol–water partition coefficient (Wildman–Crippen LogP) is 3.49. The lowest BCUT2D eigenvalue weighted by Gasteiger charge is -2.29. The Morgan fingerprint density at radius 2 is 1.81 bits per heavy atom. The maximum Gasteiger partial charge on any atom is 0.128 e. The van der Waals surface area contributed by atoms with Crippen molar-refractivity contribution in [2.45, 2.75) is 19.5 Å². The molecular formula is C17H20F2N2. The molecule has 0 heterocycles. The molecule has 0 aliphatic carbocycles. The molecular weight excluding hydrogens is 270 g/mol. The van der Waals surface area contributed by atoms with E-state index in [9.17, 15) is 8.78 Å². The van der Waals surface area contributed by atoms with Gasteiger partial charge in [0.1, 0.15) is 11.6 Å². The van der Waals surface area contributed by atoms with Crippen LogP contribution >= 0.6 is 0 Å². The third-order valence-corrected chi connectivity index (χ3v) is 3.60. The van der Waals surface area contributed by atoms with Crippen LogP contribution in [0.1, 0.15) is 24.1 Å². The molecule has 0 spiro atoms. The van der Waals surface area contributed by atoms with Crippen molar-refractivity contribution in [2.75, 3.05) is 13.1 Å². The van der Waals surface area contributed by atoms with E-state index < -0.39 is 5.82 Å². The van der Waals surface area contributed by atoms with Crippen LogP contribution in [0.4, 0.5) is 8.78 Å². The zero-order valence-corrected chi connectivity index (χ0v) is 12.1. The number of nitrogens with zero attached hydrogens (tertiary/aromatic N) is 1. The molecule has 21 heavy (non-hydrogen) atoms. The molecule has 2 aromatic carbocycles. The lowest BCUT2D eigenvalue weighted by Crippen LogP contribution is -2.32. The first-order valence-electron chi connectivity index (χ1n) is 7.05. The van der Waals surface area contributed by atoms with Gasteiger partial charge in [0.25, 0.3) is 0 Å². The highest BCUT2D eigenvalue weighted by Crippen LogP contribution is 2.25. The van der Waals surface area contributed by atoms with Crippen LogP contribution in [0, 0.1) is 11.6 Å². The van der Waals surface area contributed by atoms with E-state index >= 15 is 0 Å². The summed E-state index contributed by atoms with van der Waals surface area (Å²) in [7, 11) is 0. The Morgan fingerprint density at radius 3 is 2.48 bits per heavy atom. The molecule has 0 aliphatic rings. The number of hydrogen-bond donors (Lipinski definition) is 1. The smallest absolute Gasteiger partial charge is 0.128 e. The molecule has 0 fully saturated rings. The molecule has 0 aromatic heterocycles. The Balaban J connectivity index is 2.22. The quantitative estimate of drug-likeness (QED) is 0.882. The van der Waals surface area contributed by atoms with E-state index in [1.54, 1.807) is 0 Å². The van der Waals surface area contributed by atoms with E-state index in [4.69, 9.17) is 5.73 Å². The summed E-state index contributed by atoms with van der Waals surface area (Å²) < 4.78 is 27.3. The molecule has 2 nitrogen and oxygen atoms in total. The fourth-order valence-corrected chi connectivity index (χ4v) is 2.42. The molecule has 0 radical (unpaired) electrons. The monoisotopic (exact) mass is 290 g/mol. The summed E-state index contributed by atoms with van der Waals surface area (Å²) in [6.07, 6.45) is 0. The van der Waals surface area contributed by atoms with E-state index in [2.05, 4.69) is 0 Å². The summed E-state index contributed by atoms with van der Waals surface area (Å²) in [6, 6.07) is 13.2. The summed E-state index contributed by atoms with van der Waals surface area (Å²) in [5.41, 5.74) is 7.14. The number of halogens is 2. The standard InChI is InChI=1S/C17H20F2N2/c1-13(16-11-15(18)7-8-17(16)19)21(10-9-20)12-14-5-3-2-4-6-14/h2-8,11,13H,9-10,12,20H2,1H3. The molecule has 2 N–H and O–H groups in total. The molecule has 1 unspecified atom stereocenters. The summed E-state index contributed by atoms with van der Waals surface area (Å²) in [5.74, 6) is -0.815. The topological polar surface area (TPSA) is 29.3 Å². The molecule has 1 atom stereocenters. The molecule has 4 heteroatoms. The van der Waals surface area contributed by atoms with Crippen LogP contribution in [-0.4, -0.2) is 18.0 Å². The highest BCUT2D eigenvalue weighted by Gasteiger charge is 2.19. The molecule has 0 bridgehead atoms. The van der Waals surface area contributed by atoms with E-state index in [-0.39, 0.29) is 11.9 Å². The van der Waals surface area contributed by atoms with Crippen molar-refractivity contribution in [3.8, 4) is 0 Å². The maximum atomic E-state index is 13.9.